The molecule has 98 valence electrons. The average molecular weight is 270 g/mol. The van der Waals surface area contributed by atoms with Gasteiger partial charge in [0.25, 0.3) is 0 Å². The van der Waals surface area contributed by atoms with Gasteiger partial charge in [-0.15, -0.1) is 11.6 Å². The molecule has 3 nitrogen and oxygen atoms in total. The van der Waals surface area contributed by atoms with Gasteiger partial charge < -0.3 is 0 Å². The van der Waals surface area contributed by atoms with Crippen LogP contribution in [0.15, 0.2) is 0 Å². The summed E-state index contributed by atoms with van der Waals surface area (Å²) < 4.78 is 25.9. The van der Waals surface area contributed by atoms with Crippen molar-refractivity contribution in [2.75, 3.05) is 18.2 Å². The maximum Gasteiger partial charge on any atom is 0.214 e. The topological polar surface area (TPSA) is 37.4 Å². The van der Waals surface area contributed by atoms with Crippen LogP contribution in [0, 0.1) is 5.41 Å². The van der Waals surface area contributed by atoms with Gasteiger partial charge in [0, 0.05) is 18.5 Å². The highest BCUT2D eigenvalue weighted by Crippen LogP contribution is 2.20. The predicted molar refractivity (Wildman–Crippen MR) is 70.4 cm³/mol. The Hall–Kier alpha value is 0.200. The quantitative estimate of drug-likeness (QED) is 0.696. The van der Waals surface area contributed by atoms with Crippen molar-refractivity contribution in [2.24, 2.45) is 5.41 Å². The molecule has 0 saturated heterocycles. The monoisotopic (exact) mass is 269 g/mol. The van der Waals surface area contributed by atoms with Gasteiger partial charge in [0.05, 0.1) is 5.75 Å². The fraction of sp³-hybridized carbons (Fsp3) is 1.00. The van der Waals surface area contributed by atoms with Crippen molar-refractivity contribution in [2.45, 2.75) is 47.1 Å². The lowest BCUT2D eigenvalue weighted by Gasteiger charge is -2.29. The van der Waals surface area contributed by atoms with Gasteiger partial charge in [0.15, 0.2) is 0 Å². The Bertz CT molecular complexity index is 294. The third-order valence-electron chi connectivity index (χ3n) is 2.06. The van der Waals surface area contributed by atoms with Crippen molar-refractivity contribution < 1.29 is 8.42 Å². The molecule has 5 heteroatoms. The summed E-state index contributed by atoms with van der Waals surface area (Å²) in [5.41, 5.74) is -0.215. The summed E-state index contributed by atoms with van der Waals surface area (Å²) in [7, 11) is -3.18. The molecule has 0 amide bonds. The van der Waals surface area contributed by atoms with E-state index >= 15 is 0 Å². The zero-order valence-electron chi connectivity index (χ0n) is 11.0. The molecule has 0 rings (SSSR count). The number of nitrogens with zero attached hydrogens (tertiary/aromatic N) is 1. The highest BCUT2D eigenvalue weighted by atomic mass is 35.5. The maximum absolute atomic E-state index is 12.2. The molecule has 0 aromatic rings. The molecule has 0 fully saturated rings. The van der Waals surface area contributed by atoms with Crippen LogP contribution in [0.3, 0.4) is 0 Å². The minimum absolute atomic E-state index is 0.00410. The first-order valence-electron chi connectivity index (χ1n) is 5.65. The summed E-state index contributed by atoms with van der Waals surface area (Å²) in [6, 6.07) is -0.00410. The van der Waals surface area contributed by atoms with Gasteiger partial charge in [-0.3, -0.25) is 0 Å². The second kappa shape index (κ2) is 6.22. The Labute approximate surface area is 105 Å². The largest absolute Gasteiger partial charge is 0.214 e. The molecule has 0 radical (unpaired) electrons. The second-order valence-electron chi connectivity index (χ2n) is 5.56. The lowest BCUT2D eigenvalue weighted by molar-refractivity contribution is 0.343. The van der Waals surface area contributed by atoms with Crippen LogP contribution in [0.1, 0.15) is 41.0 Å². The minimum atomic E-state index is -3.18. The normalized spacial score (nSPS) is 13.8. The zero-order valence-corrected chi connectivity index (χ0v) is 12.5. The number of halogens is 1. The molecular weight excluding hydrogens is 246 g/mol. The molecule has 0 saturated carbocycles. The van der Waals surface area contributed by atoms with E-state index in [-0.39, 0.29) is 17.2 Å². The first-order chi connectivity index (χ1) is 7.10. The standard InChI is InChI=1S/C11H24ClNO2S/c1-10(2)13(8-6-7-12)16(14,15)9-11(3,4)5/h10H,6-9H2,1-5H3. The van der Waals surface area contributed by atoms with Crippen molar-refractivity contribution in [3.05, 3.63) is 0 Å². The van der Waals surface area contributed by atoms with Gasteiger partial charge in [-0.1, -0.05) is 20.8 Å². The summed E-state index contributed by atoms with van der Waals surface area (Å²) in [4.78, 5) is 0. The Balaban J connectivity index is 4.77. The molecule has 0 aliphatic rings. The van der Waals surface area contributed by atoms with E-state index in [0.29, 0.717) is 18.8 Å². The van der Waals surface area contributed by atoms with Gasteiger partial charge in [-0.05, 0) is 25.7 Å². The van der Waals surface area contributed by atoms with Crippen molar-refractivity contribution in [3.8, 4) is 0 Å². The smallest absolute Gasteiger partial charge is 0.212 e. The van der Waals surface area contributed by atoms with E-state index in [1.165, 1.54) is 0 Å². The average Bonchev–Trinajstić information content (AvgIpc) is 1.98. The zero-order chi connectivity index (χ0) is 13.0. The third kappa shape index (κ3) is 6.06. The summed E-state index contributed by atoms with van der Waals surface area (Å²) in [5.74, 6) is 0.675. The van der Waals surface area contributed by atoms with Crippen LogP contribution in [0.5, 0.6) is 0 Å². The molecule has 16 heavy (non-hydrogen) atoms. The molecule has 0 N–H and O–H groups in total. The Kier molecular flexibility index (Phi) is 6.30. The molecule has 0 bridgehead atoms. The Morgan fingerprint density at radius 1 is 1.25 bits per heavy atom. The van der Waals surface area contributed by atoms with Crippen LogP contribution in [0.2, 0.25) is 0 Å². The van der Waals surface area contributed by atoms with Crippen LogP contribution >= 0.6 is 11.6 Å². The van der Waals surface area contributed by atoms with Gasteiger partial charge in [0.1, 0.15) is 0 Å². The van der Waals surface area contributed by atoms with E-state index in [1.54, 1.807) is 4.31 Å². The Morgan fingerprint density at radius 3 is 2.06 bits per heavy atom. The fourth-order valence-electron chi connectivity index (χ4n) is 1.56. The second-order valence-corrected chi connectivity index (χ2v) is 7.86. The predicted octanol–water partition coefficient (Wildman–Crippen LogP) is 2.70. The van der Waals surface area contributed by atoms with Crippen molar-refractivity contribution in [1.82, 2.24) is 4.31 Å². The molecule has 0 aromatic carbocycles. The number of hydrogen-bond acceptors (Lipinski definition) is 2. The SMILES string of the molecule is CC(C)N(CCCCl)S(=O)(=O)CC(C)(C)C. The molecule has 0 aliphatic carbocycles. The van der Waals surface area contributed by atoms with Gasteiger partial charge >= 0.3 is 0 Å². The minimum Gasteiger partial charge on any atom is -0.212 e. The lowest BCUT2D eigenvalue weighted by atomic mass is 10.0. The first kappa shape index (κ1) is 16.2. The first-order valence-corrected chi connectivity index (χ1v) is 7.80. The van der Waals surface area contributed by atoms with E-state index in [1.807, 2.05) is 34.6 Å². The van der Waals surface area contributed by atoms with Crippen LogP contribution in [0.25, 0.3) is 0 Å². The number of sulfonamides is 1. The van der Waals surface area contributed by atoms with Crippen molar-refractivity contribution >= 4 is 21.6 Å². The van der Waals surface area contributed by atoms with Gasteiger partial charge in [-0.2, -0.15) is 4.31 Å². The molecule has 0 atom stereocenters. The van der Waals surface area contributed by atoms with E-state index in [2.05, 4.69) is 0 Å². The van der Waals surface area contributed by atoms with E-state index in [9.17, 15) is 8.42 Å². The summed E-state index contributed by atoms with van der Waals surface area (Å²) in [6.45, 7) is 10.1. The summed E-state index contributed by atoms with van der Waals surface area (Å²) >= 11 is 5.61. The molecule has 0 heterocycles. The van der Waals surface area contributed by atoms with E-state index < -0.39 is 10.0 Å². The summed E-state index contributed by atoms with van der Waals surface area (Å²) in [6.07, 6.45) is 0.698. The summed E-state index contributed by atoms with van der Waals surface area (Å²) in [5, 5.41) is 0. The highest BCUT2D eigenvalue weighted by Gasteiger charge is 2.29. The molecule has 0 aromatic heterocycles. The Morgan fingerprint density at radius 2 is 1.75 bits per heavy atom. The molecule has 0 aliphatic heterocycles. The van der Waals surface area contributed by atoms with Gasteiger partial charge in [-0.25, -0.2) is 8.42 Å². The van der Waals surface area contributed by atoms with Crippen LogP contribution in [-0.2, 0) is 10.0 Å². The van der Waals surface area contributed by atoms with Crippen molar-refractivity contribution in [1.29, 1.82) is 0 Å². The fourth-order valence-corrected chi connectivity index (χ4v) is 3.99. The van der Waals surface area contributed by atoms with E-state index in [0.717, 1.165) is 0 Å². The number of hydrogen-bond donors (Lipinski definition) is 0. The number of rotatable bonds is 6. The van der Waals surface area contributed by atoms with Crippen LogP contribution < -0.4 is 0 Å². The molecule has 0 unspecified atom stereocenters. The van der Waals surface area contributed by atoms with Crippen molar-refractivity contribution in [3.63, 3.8) is 0 Å². The lowest BCUT2D eigenvalue weighted by Crippen LogP contribution is -2.41. The van der Waals surface area contributed by atoms with Crippen LogP contribution in [0.4, 0.5) is 0 Å². The maximum atomic E-state index is 12.2. The van der Waals surface area contributed by atoms with E-state index in [4.69, 9.17) is 11.6 Å². The highest BCUT2D eigenvalue weighted by molar-refractivity contribution is 7.89. The van der Waals surface area contributed by atoms with Crippen LogP contribution in [-0.4, -0.2) is 36.9 Å². The third-order valence-corrected chi connectivity index (χ3v) is 4.88. The molecule has 0 spiro atoms. The number of alkyl halides is 1. The van der Waals surface area contributed by atoms with Gasteiger partial charge in [0.2, 0.25) is 10.0 Å². The molecular formula is C11H24ClNO2S.